The lowest BCUT2D eigenvalue weighted by Crippen LogP contribution is -2.22. The molecule has 148 valence electrons. The van der Waals surface area contributed by atoms with Gasteiger partial charge in [-0.25, -0.2) is 9.97 Å². The zero-order chi connectivity index (χ0) is 20.5. The molecule has 29 heavy (non-hydrogen) atoms. The van der Waals surface area contributed by atoms with Crippen LogP contribution in [0, 0.1) is 20.8 Å². The van der Waals surface area contributed by atoms with Crippen LogP contribution in [0.5, 0.6) is 0 Å². The molecule has 0 unspecified atom stereocenters. The monoisotopic (exact) mass is 439 g/mol. The fourth-order valence-corrected chi connectivity index (χ4v) is 5.75. The van der Waals surface area contributed by atoms with Gasteiger partial charge in [0.05, 0.1) is 16.1 Å². The Morgan fingerprint density at radius 1 is 1.14 bits per heavy atom. The van der Waals surface area contributed by atoms with Gasteiger partial charge in [-0.1, -0.05) is 36.0 Å². The zero-order valence-electron chi connectivity index (χ0n) is 16.6. The molecule has 0 amide bonds. The van der Waals surface area contributed by atoms with E-state index in [9.17, 15) is 4.79 Å². The fraction of sp³-hybridized carbons (Fsp3) is 0.227. The van der Waals surface area contributed by atoms with E-state index in [-0.39, 0.29) is 5.56 Å². The Morgan fingerprint density at radius 2 is 1.97 bits per heavy atom. The molecule has 4 nitrogen and oxygen atoms in total. The summed E-state index contributed by atoms with van der Waals surface area (Å²) in [6, 6.07) is 6.32. The van der Waals surface area contributed by atoms with Crippen molar-refractivity contribution in [3.8, 4) is 11.1 Å². The molecule has 0 atom stereocenters. The smallest absolute Gasteiger partial charge is 0.263 e. The molecule has 0 saturated carbocycles. The number of benzene rings is 1. The Bertz CT molecular complexity index is 1270. The highest BCUT2D eigenvalue weighted by Gasteiger charge is 2.17. The highest BCUT2D eigenvalue weighted by molar-refractivity contribution is 7.98. The van der Waals surface area contributed by atoms with E-state index in [1.54, 1.807) is 33.7 Å². The lowest BCUT2D eigenvalue weighted by atomic mass is 10.0. The zero-order valence-corrected chi connectivity index (χ0v) is 19.0. The molecule has 0 saturated heterocycles. The molecule has 7 heteroatoms. The van der Waals surface area contributed by atoms with Crippen LogP contribution in [0.3, 0.4) is 0 Å². The minimum atomic E-state index is -0.0127. The molecular formula is C22H21N3OS3. The third-order valence-corrected chi connectivity index (χ3v) is 7.51. The summed E-state index contributed by atoms with van der Waals surface area (Å²) in [5.74, 6) is 0.689. The molecule has 0 fully saturated rings. The van der Waals surface area contributed by atoms with Crippen LogP contribution in [0.25, 0.3) is 21.3 Å². The normalized spacial score (nSPS) is 11.3. The maximum absolute atomic E-state index is 13.4. The number of nitrogens with zero attached hydrogens (tertiary/aromatic N) is 3. The predicted octanol–water partition coefficient (Wildman–Crippen LogP) is 5.99. The number of allylic oxidation sites excluding steroid dienone is 1. The lowest BCUT2D eigenvalue weighted by molar-refractivity contribution is 0.673. The molecule has 4 rings (SSSR count). The molecule has 0 aliphatic rings. The van der Waals surface area contributed by atoms with Crippen molar-refractivity contribution in [1.82, 2.24) is 14.5 Å². The number of rotatable bonds is 6. The SMILES string of the molecule is C=CCn1c(SCc2csc(C)n2)nc2scc(-c3ccc(C)c(C)c3)c2c1=O. The third-order valence-electron chi connectivity index (χ3n) is 4.80. The Hall–Kier alpha value is -2.22. The highest BCUT2D eigenvalue weighted by Crippen LogP contribution is 2.33. The van der Waals surface area contributed by atoms with Gasteiger partial charge in [0.15, 0.2) is 5.16 Å². The van der Waals surface area contributed by atoms with Crippen LogP contribution < -0.4 is 5.56 Å². The van der Waals surface area contributed by atoms with Crippen molar-refractivity contribution >= 4 is 44.7 Å². The highest BCUT2D eigenvalue weighted by atomic mass is 32.2. The maximum Gasteiger partial charge on any atom is 0.263 e. The summed E-state index contributed by atoms with van der Waals surface area (Å²) in [7, 11) is 0. The summed E-state index contributed by atoms with van der Waals surface area (Å²) in [6.45, 7) is 10.4. The van der Waals surface area contributed by atoms with Crippen LogP contribution in [-0.4, -0.2) is 14.5 Å². The first-order valence-electron chi connectivity index (χ1n) is 9.22. The first-order valence-corrected chi connectivity index (χ1v) is 12.0. The van der Waals surface area contributed by atoms with Gasteiger partial charge >= 0.3 is 0 Å². The van der Waals surface area contributed by atoms with Crippen molar-refractivity contribution in [3.05, 3.63) is 73.8 Å². The van der Waals surface area contributed by atoms with Crippen molar-refractivity contribution in [2.24, 2.45) is 0 Å². The van der Waals surface area contributed by atoms with Crippen molar-refractivity contribution < 1.29 is 0 Å². The molecule has 0 spiro atoms. The van der Waals surface area contributed by atoms with Gasteiger partial charge in [-0.2, -0.15) is 0 Å². The van der Waals surface area contributed by atoms with Gasteiger partial charge in [-0.3, -0.25) is 9.36 Å². The van der Waals surface area contributed by atoms with Gasteiger partial charge in [0.1, 0.15) is 4.83 Å². The van der Waals surface area contributed by atoms with Gasteiger partial charge < -0.3 is 0 Å². The minimum Gasteiger partial charge on any atom is -0.283 e. The van der Waals surface area contributed by atoms with E-state index in [1.807, 2.05) is 12.3 Å². The summed E-state index contributed by atoms with van der Waals surface area (Å²) in [6.07, 6.45) is 1.74. The Labute approximate surface area is 182 Å². The quantitative estimate of drug-likeness (QED) is 0.210. The minimum absolute atomic E-state index is 0.0127. The number of thiophene rings is 1. The average Bonchev–Trinajstić information content (AvgIpc) is 3.31. The second-order valence-corrected chi connectivity index (χ2v) is 9.74. The summed E-state index contributed by atoms with van der Waals surface area (Å²) in [5, 5.41) is 6.54. The van der Waals surface area contributed by atoms with E-state index < -0.39 is 0 Å². The van der Waals surface area contributed by atoms with Gasteiger partial charge in [0, 0.05) is 28.6 Å². The van der Waals surface area contributed by atoms with Crippen LogP contribution in [0.1, 0.15) is 21.8 Å². The van der Waals surface area contributed by atoms with Crippen LogP contribution >= 0.6 is 34.4 Å². The number of aryl methyl sites for hydroxylation is 3. The average molecular weight is 440 g/mol. The fourth-order valence-electron chi connectivity index (χ4n) is 3.14. The lowest BCUT2D eigenvalue weighted by Gasteiger charge is -2.10. The Balaban J connectivity index is 1.80. The molecule has 0 N–H and O–H groups in total. The van der Waals surface area contributed by atoms with Crippen molar-refractivity contribution in [2.75, 3.05) is 0 Å². The molecule has 0 radical (unpaired) electrons. The molecule has 3 heterocycles. The largest absolute Gasteiger partial charge is 0.283 e. The van der Waals surface area contributed by atoms with Gasteiger partial charge in [-0.05, 0) is 37.5 Å². The topological polar surface area (TPSA) is 47.8 Å². The van der Waals surface area contributed by atoms with Gasteiger partial charge in [0.25, 0.3) is 5.56 Å². The van der Waals surface area contributed by atoms with Crippen molar-refractivity contribution in [1.29, 1.82) is 0 Å². The van der Waals surface area contributed by atoms with Gasteiger partial charge in [-0.15, -0.1) is 29.3 Å². The Morgan fingerprint density at radius 3 is 2.66 bits per heavy atom. The van der Waals surface area contributed by atoms with Crippen LogP contribution in [0.4, 0.5) is 0 Å². The molecule has 0 aliphatic heterocycles. The number of hydrogen-bond donors (Lipinski definition) is 0. The van der Waals surface area contributed by atoms with E-state index in [1.165, 1.54) is 22.5 Å². The van der Waals surface area contributed by atoms with E-state index in [0.717, 1.165) is 26.7 Å². The van der Waals surface area contributed by atoms with Crippen molar-refractivity contribution in [2.45, 2.75) is 38.2 Å². The second-order valence-electron chi connectivity index (χ2n) is 6.87. The molecule has 0 bridgehead atoms. The van der Waals surface area contributed by atoms with E-state index in [0.29, 0.717) is 22.8 Å². The summed E-state index contributed by atoms with van der Waals surface area (Å²) < 4.78 is 1.72. The molecule has 1 aromatic carbocycles. The second kappa shape index (κ2) is 8.26. The number of hydrogen-bond acceptors (Lipinski definition) is 6. The van der Waals surface area contributed by atoms with Gasteiger partial charge in [0.2, 0.25) is 0 Å². The predicted molar refractivity (Wildman–Crippen MR) is 125 cm³/mol. The number of fused-ring (bicyclic) bond motifs is 1. The van der Waals surface area contributed by atoms with Crippen LogP contribution in [0.15, 0.2) is 51.6 Å². The Kier molecular flexibility index (Phi) is 5.72. The number of aromatic nitrogens is 3. The van der Waals surface area contributed by atoms with Crippen molar-refractivity contribution in [3.63, 3.8) is 0 Å². The van der Waals surface area contributed by atoms with Crippen LogP contribution in [0.2, 0.25) is 0 Å². The van der Waals surface area contributed by atoms with E-state index in [2.05, 4.69) is 49.0 Å². The summed E-state index contributed by atoms with van der Waals surface area (Å²) in [5.41, 5.74) is 5.47. The third kappa shape index (κ3) is 3.95. The number of thiazole rings is 1. The first kappa shape index (κ1) is 20.1. The summed E-state index contributed by atoms with van der Waals surface area (Å²) >= 11 is 4.70. The van der Waals surface area contributed by atoms with Crippen LogP contribution in [-0.2, 0) is 12.3 Å². The first-order chi connectivity index (χ1) is 14.0. The number of thioether (sulfide) groups is 1. The van der Waals surface area contributed by atoms with E-state index >= 15 is 0 Å². The summed E-state index contributed by atoms with van der Waals surface area (Å²) in [4.78, 5) is 23.5. The van der Waals surface area contributed by atoms with E-state index in [4.69, 9.17) is 4.98 Å². The molecular weight excluding hydrogens is 418 g/mol. The molecule has 4 aromatic rings. The molecule has 3 aromatic heterocycles. The standard InChI is InChI=1S/C22H21N3OS3/c1-5-8-25-21(26)19-18(16-7-6-13(2)14(3)9-16)12-28-20(19)24-22(25)29-11-17-10-27-15(4)23-17/h5-7,9-10,12H,1,8,11H2,2-4H3. The maximum atomic E-state index is 13.4. The molecule has 0 aliphatic carbocycles.